The van der Waals surface area contributed by atoms with Gasteiger partial charge in [-0.25, -0.2) is 0 Å². The van der Waals surface area contributed by atoms with Crippen molar-refractivity contribution < 1.29 is 10.4 Å². The fourth-order valence-electron chi connectivity index (χ4n) is 2.93. The van der Waals surface area contributed by atoms with Crippen molar-refractivity contribution in [2.45, 2.75) is 0 Å². The smallest absolute Gasteiger partial charge is 0.0839 e. The Morgan fingerprint density at radius 1 is 1.00 bits per heavy atom. The van der Waals surface area contributed by atoms with E-state index in [1.807, 2.05) is 18.2 Å². The van der Waals surface area contributed by atoms with Crippen LogP contribution in [0.25, 0.3) is 0 Å². The van der Waals surface area contributed by atoms with Gasteiger partial charge in [-0.05, 0) is 12.0 Å². The lowest BCUT2D eigenvalue weighted by atomic mass is 9.85. The summed E-state index contributed by atoms with van der Waals surface area (Å²) in [7, 11) is 0. The lowest BCUT2D eigenvalue weighted by Crippen LogP contribution is -2.20. The first-order chi connectivity index (χ1) is 6.86. The van der Waals surface area contributed by atoms with E-state index in [0.717, 1.165) is 5.71 Å². The van der Waals surface area contributed by atoms with Crippen molar-refractivity contribution in [3.8, 4) is 0 Å². The molecule has 3 aliphatic carbocycles. The predicted molar refractivity (Wildman–Crippen MR) is 50.7 cm³/mol. The Morgan fingerprint density at radius 3 is 2.50 bits per heavy atom. The van der Waals surface area contributed by atoms with Gasteiger partial charge in [0.05, 0.1) is 11.4 Å². The first-order valence-electron chi connectivity index (χ1n) is 4.67. The highest BCUT2D eigenvalue weighted by molar-refractivity contribution is 6.09. The summed E-state index contributed by atoms with van der Waals surface area (Å²) in [6.07, 6.45) is 8.01. The molecule has 14 heavy (non-hydrogen) atoms. The lowest BCUT2D eigenvalue weighted by molar-refractivity contribution is 0.312. The molecule has 72 valence electrons. The van der Waals surface area contributed by atoms with Crippen LogP contribution in [0, 0.1) is 23.7 Å². The molecule has 3 rings (SSSR count). The molecule has 0 spiro atoms. The van der Waals surface area contributed by atoms with Gasteiger partial charge in [0.1, 0.15) is 0 Å². The number of fused-ring (bicyclic) bond motifs is 5. The first-order valence-corrected chi connectivity index (χ1v) is 4.67. The maximum atomic E-state index is 8.88. The fourth-order valence-corrected chi connectivity index (χ4v) is 2.93. The number of rotatable bonds is 0. The van der Waals surface area contributed by atoms with Gasteiger partial charge >= 0.3 is 0 Å². The summed E-state index contributed by atoms with van der Waals surface area (Å²) in [5.74, 6) is 0.823. The second-order valence-electron chi connectivity index (χ2n) is 3.95. The Morgan fingerprint density at radius 2 is 1.79 bits per heavy atom. The standard InChI is InChI=1S/C10H10N2O2/c13-11-8-4-3-5-6-1-2-7(9(5)8)10(6)12-14/h1-7,9,13-14H/t5-,6+,7+,9+/m1/s1. The van der Waals surface area contributed by atoms with Gasteiger partial charge in [-0.1, -0.05) is 28.5 Å². The third-order valence-electron chi connectivity index (χ3n) is 3.49. The summed E-state index contributed by atoms with van der Waals surface area (Å²) in [5.41, 5.74) is 1.51. The van der Waals surface area contributed by atoms with Crippen molar-refractivity contribution in [2.75, 3.05) is 0 Å². The number of hydrogen-bond donors (Lipinski definition) is 2. The highest BCUT2D eigenvalue weighted by atomic mass is 16.4. The molecule has 1 saturated carbocycles. The second-order valence-corrected chi connectivity index (χ2v) is 3.95. The number of nitrogens with zero attached hydrogens (tertiary/aromatic N) is 2. The third kappa shape index (κ3) is 0.697. The minimum absolute atomic E-state index is 0.121. The Labute approximate surface area is 80.9 Å². The molecule has 2 bridgehead atoms. The van der Waals surface area contributed by atoms with Gasteiger partial charge in [0.25, 0.3) is 0 Å². The first kappa shape index (κ1) is 7.79. The maximum absolute atomic E-state index is 8.88. The van der Waals surface area contributed by atoms with E-state index < -0.39 is 0 Å². The molecule has 0 radical (unpaired) electrons. The Balaban J connectivity index is 2.08. The largest absolute Gasteiger partial charge is 0.411 e. The van der Waals surface area contributed by atoms with Crippen molar-refractivity contribution in [2.24, 2.45) is 34.0 Å². The summed E-state index contributed by atoms with van der Waals surface area (Å²) >= 11 is 0. The van der Waals surface area contributed by atoms with Crippen molar-refractivity contribution in [1.29, 1.82) is 0 Å². The molecule has 0 aliphatic heterocycles. The molecule has 0 amide bonds. The number of oxime groups is 2. The van der Waals surface area contributed by atoms with Gasteiger partial charge < -0.3 is 10.4 Å². The van der Waals surface area contributed by atoms with Crippen LogP contribution in [0.15, 0.2) is 34.6 Å². The van der Waals surface area contributed by atoms with Crippen LogP contribution in [0.2, 0.25) is 0 Å². The number of allylic oxidation sites excluding steroid dienone is 4. The molecule has 2 N–H and O–H groups in total. The molecular formula is C10H10N2O2. The van der Waals surface area contributed by atoms with Gasteiger partial charge in [-0.15, -0.1) is 0 Å². The minimum Gasteiger partial charge on any atom is -0.411 e. The van der Waals surface area contributed by atoms with E-state index in [9.17, 15) is 0 Å². The third-order valence-corrected chi connectivity index (χ3v) is 3.49. The van der Waals surface area contributed by atoms with Crippen molar-refractivity contribution in [3.05, 3.63) is 24.3 Å². The predicted octanol–water partition coefficient (Wildman–Crippen LogP) is 1.26. The van der Waals surface area contributed by atoms with Crippen molar-refractivity contribution >= 4 is 11.4 Å². The van der Waals surface area contributed by atoms with Gasteiger partial charge in [0, 0.05) is 17.8 Å². The average molecular weight is 190 g/mol. The van der Waals surface area contributed by atoms with Crippen LogP contribution < -0.4 is 0 Å². The molecule has 3 aliphatic rings. The minimum atomic E-state index is 0.121. The summed E-state index contributed by atoms with van der Waals surface area (Å²) in [6.45, 7) is 0. The molecule has 4 atom stereocenters. The van der Waals surface area contributed by atoms with Crippen LogP contribution in [0.5, 0.6) is 0 Å². The van der Waals surface area contributed by atoms with Crippen LogP contribution >= 0.6 is 0 Å². The van der Waals surface area contributed by atoms with Crippen LogP contribution in [-0.4, -0.2) is 21.8 Å². The van der Waals surface area contributed by atoms with Crippen LogP contribution in [0.4, 0.5) is 0 Å². The highest BCUT2D eigenvalue weighted by Crippen LogP contribution is 2.49. The zero-order valence-corrected chi connectivity index (χ0v) is 7.41. The normalized spacial score (nSPS) is 48.3. The molecule has 4 nitrogen and oxygen atoms in total. The van der Waals surface area contributed by atoms with Crippen LogP contribution in [0.3, 0.4) is 0 Å². The van der Waals surface area contributed by atoms with Gasteiger partial charge in [0.2, 0.25) is 0 Å². The molecule has 0 aromatic heterocycles. The lowest BCUT2D eigenvalue weighted by Gasteiger charge is -2.17. The summed E-state index contributed by atoms with van der Waals surface area (Å²) in [5, 5.41) is 24.3. The SMILES string of the molecule is ON=C1C=C[C@H]2[C@H]1[C@@H]1C=C[C@@H]2C1=NO. The topological polar surface area (TPSA) is 65.2 Å². The summed E-state index contributed by atoms with van der Waals surface area (Å²) < 4.78 is 0. The maximum Gasteiger partial charge on any atom is 0.0839 e. The van der Waals surface area contributed by atoms with Crippen LogP contribution in [-0.2, 0) is 0 Å². The Kier molecular flexibility index (Phi) is 1.37. The molecule has 0 heterocycles. The van der Waals surface area contributed by atoms with Gasteiger partial charge in [-0.2, -0.15) is 0 Å². The molecule has 0 saturated heterocycles. The zero-order valence-electron chi connectivity index (χ0n) is 7.41. The van der Waals surface area contributed by atoms with Crippen molar-refractivity contribution in [1.82, 2.24) is 0 Å². The van der Waals surface area contributed by atoms with E-state index in [1.165, 1.54) is 0 Å². The second kappa shape index (κ2) is 2.47. The molecule has 4 heteroatoms. The average Bonchev–Trinajstić information content (AvgIpc) is 2.87. The molecular weight excluding hydrogens is 180 g/mol. The fraction of sp³-hybridized carbons (Fsp3) is 0.400. The zero-order chi connectivity index (χ0) is 9.71. The Bertz CT molecular complexity index is 395. The highest BCUT2D eigenvalue weighted by Gasteiger charge is 2.52. The van der Waals surface area contributed by atoms with E-state index in [2.05, 4.69) is 16.4 Å². The monoisotopic (exact) mass is 190 g/mol. The molecule has 0 aromatic rings. The van der Waals surface area contributed by atoms with E-state index in [1.54, 1.807) is 0 Å². The quantitative estimate of drug-likeness (QED) is 0.343. The van der Waals surface area contributed by atoms with Gasteiger partial charge in [0.15, 0.2) is 0 Å². The summed E-state index contributed by atoms with van der Waals surface area (Å²) in [6, 6.07) is 0. The molecule has 0 unspecified atom stereocenters. The Hall–Kier alpha value is -1.58. The van der Waals surface area contributed by atoms with E-state index in [-0.39, 0.29) is 17.8 Å². The van der Waals surface area contributed by atoms with E-state index in [4.69, 9.17) is 10.4 Å². The molecule has 0 aromatic carbocycles. The van der Waals surface area contributed by atoms with Crippen molar-refractivity contribution in [3.63, 3.8) is 0 Å². The summed E-state index contributed by atoms with van der Waals surface area (Å²) in [4.78, 5) is 0. The van der Waals surface area contributed by atoms with E-state index in [0.29, 0.717) is 11.6 Å². The van der Waals surface area contributed by atoms with Gasteiger partial charge in [-0.3, -0.25) is 0 Å². The number of hydrogen-bond acceptors (Lipinski definition) is 4. The van der Waals surface area contributed by atoms with E-state index >= 15 is 0 Å². The molecule has 1 fully saturated rings. The van der Waals surface area contributed by atoms with Crippen LogP contribution in [0.1, 0.15) is 0 Å².